The lowest BCUT2D eigenvalue weighted by Crippen LogP contribution is -2.25. The minimum Gasteiger partial charge on any atom is -0.382 e. The summed E-state index contributed by atoms with van der Waals surface area (Å²) in [4.78, 5) is 20.1. The molecule has 0 bridgehead atoms. The summed E-state index contributed by atoms with van der Waals surface area (Å²) in [6.45, 7) is 0.629. The van der Waals surface area contributed by atoms with Gasteiger partial charge in [-0.05, 0) is 6.07 Å². The van der Waals surface area contributed by atoms with E-state index in [2.05, 4.69) is 10.5 Å². The molecule has 16 heavy (non-hydrogen) atoms. The van der Waals surface area contributed by atoms with Crippen molar-refractivity contribution in [3.63, 3.8) is 0 Å². The van der Waals surface area contributed by atoms with Crippen LogP contribution in [0.5, 0.6) is 0 Å². The van der Waals surface area contributed by atoms with E-state index in [1.54, 1.807) is 0 Å². The van der Waals surface area contributed by atoms with E-state index in [0.717, 1.165) is 0 Å². The van der Waals surface area contributed by atoms with Crippen LogP contribution in [0.25, 0.3) is 0 Å². The highest BCUT2D eigenvalue weighted by Crippen LogP contribution is 2.17. The van der Waals surface area contributed by atoms with Crippen LogP contribution in [0.1, 0.15) is 10.4 Å². The molecule has 0 saturated carbocycles. The van der Waals surface area contributed by atoms with Gasteiger partial charge in [0.15, 0.2) is 0 Å². The van der Waals surface area contributed by atoms with Gasteiger partial charge >= 0.3 is 0 Å². The maximum Gasteiger partial charge on any atom is 0.276 e. The summed E-state index contributed by atoms with van der Waals surface area (Å²) in [7, 11) is 1.53. The molecule has 0 fully saturated rings. The first kappa shape index (κ1) is 13.2. The third kappa shape index (κ3) is 3.94. The van der Waals surface area contributed by atoms with E-state index in [1.165, 1.54) is 19.4 Å². The number of rotatable bonds is 5. The summed E-state index contributed by atoms with van der Waals surface area (Å²) in [6, 6.07) is 1.36. The first-order valence-corrected chi connectivity index (χ1v) is 5.13. The number of carbonyl (C=O) groups excluding carboxylic acids is 1. The molecule has 1 aromatic rings. The Balaban J connectivity index is 2.55. The highest BCUT2D eigenvalue weighted by Gasteiger charge is 2.11. The average molecular weight is 265 g/mol. The standard InChI is InChI=1S/C9H10Cl2N2O3/c1-15-2-3-16-13-9(14)6-4-8(11)12-5-7(6)10/h4-5H,2-3H2,1H3,(H,13,14). The van der Waals surface area contributed by atoms with E-state index in [1.807, 2.05) is 0 Å². The molecule has 1 amide bonds. The zero-order chi connectivity index (χ0) is 12.0. The summed E-state index contributed by atoms with van der Waals surface area (Å²) in [5.74, 6) is -0.481. The van der Waals surface area contributed by atoms with Crippen LogP contribution in [0.3, 0.4) is 0 Å². The normalized spacial score (nSPS) is 10.2. The van der Waals surface area contributed by atoms with Crippen LogP contribution < -0.4 is 5.48 Å². The molecule has 88 valence electrons. The first-order chi connectivity index (χ1) is 7.65. The largest absolute Gasteiger partial charge is 0.382 e. The minimum atomic E-state index is -0.481. The molecule has 0 atom stereocenters. The lowest BCUT2D eigenvalue weighted by Gasteiger charge is -2.06. The molecule has 1 heterocycles. The molecule has 0 spiro atoms. The van der Waals surface area contributed by atoms with Gasteiger partial charge in [-0.25, -0.2) is 10.5 Å². The van der Waals surface area contributed by atoms with Crippen LogP contribution in [-0.2, 0) is 9.57 Å². The Bertz CT molecular complexity index is 374. The van der Waals surface area contributed by atoms with Gasteiger partial charge in [-0.3, -0.25) is 9.63 Å². The predicted octanol–water partition coefficient (Wildman–Crippen LogP) is 1.70. The van der Waals surface area contributed by atoms with Gasteiger partial charge in [0.25, 0.3) is 5.91 Å². The Kier molecular flexibility index (Phi) is 5.48. The predicted molar refractivity (Wildman–Crippen MR) is 59.6 cm³/mol. The highest BCUT2D eigenvalue weighted by molar-refractivity contribution is 6.35. The van der Waals surface area contributed by atoms with Crippen molar-refractivity contribution < 1.29 is 14.4 Å². The van der Waals surface area contributed by atoms with Crippen molar-refractivity contribution in [2.24, 2.45) is 0 Å². The summed E-state index contributed by atoms with van der Waals surface area (Å²) in [5.41, 5.74) is 2.42. The Morgan fingerprint density at radius 1 is 1.50 bits per heavy atom. The number of nitrogens with one attached hydrogen (secondary N) is 1. The number of pyridine rings is 1. The van der Waals surface area contributed by atoms with Gasteiger partial charge in [-0.2, -0.15) is 0 Å². The fourth-order valence-corrected chi connectivity index (χ4v) is 1.23. The summed E-state index contributed by atoms with van der Waals surface area (Å²) in [5, 5.41) is 0.392. The van der Waals surface area contributed by atoms with Crippen molar-refractivity contribution >= 4 is 29.1 Å². The lowest BCUT2D eigenvalue weighted by molar-refractivity contribution is 0.00889. The van der Waals surface area contributed by atoms with Gasteiger partial charge in [0.1, 0.15) is 5.15 Å². The Morgan fingerprint density at radius 3 is 2.94 bits per heavy atom. The third-order valence-corrected chi connectivity index (χ3v) is 2.13. The van der Waals surface area contributed by atoms with E-state index in [0.29, 0.717) is 6.61 Å². The zero-order valence-corrected chi connectivity index (χ0v) is 10.0. The Labute approximate surface area is 103 Å². The molecule has 1 aromatic heterocycles. The van der Waals surface area contributed by atoms with Gasteiger partial charge in [0, 0.05) is 13.3 Å². The van der Waals surface area contributed by atoms with Crippen LogP contribution in [0.4, 0.5) is 0 Å². The first-order valence-electron chi connectivity index (χ1n) is 4.37. The van der Waals surface area contributed by atoms with Crippen molar-refractivity contribution in [3.05, 3.63) is 28.0 Å². The molecule has 1 N–H and O–H groups in total. The maximum absolute atomic E-state index is 11.5. The Hall–Kier alpha value is -0.880. The van der Waals surface area contributed by atoms with Crippen molar-refractivity contribution in [2.75, 3.05) is 20.3 Å². The van der Waals surface area contributed by atoms with E-state index in [9.17, 15) is 4.79 Å². The van der Waals surface area contributed by atoms with Crippen molar-refractivity contribution in [1.82, 2.24) is 10.5 Å². The fourth-order valence-electron chi connectivity index (χ4n) is 0.884. The summed E-state index contributed by atoms with van der Waals surface area (Å²) < 4.78 is 4.74. The SMILES string of the molecule is COCCONC(=O)c1cc(Cl)ncc1Cl. The molecule has 1 rings (SSSR count). The van der Waals surface area contributed by atoms with Crippen LogP contribution in [0.15, 0.2) is 12.3 Å². The maximum atomic E-state index is 11.5. The lowest BCUT2D eigenvalue weighted by atomic mass is 10.2. The molecular formula is C9H10Cl2N2O3. The monoisotopic (exact) mass is 264 g/mol. The molecule has 0 aliphatic carbocycles. The molecule has 0 radical (unpaired) electrons. The number of methoxy groups -OCH3 is 1. The topological polar surface area (TPSA) is 60.5 Å². The van der Waals surface area contributed by atoms with Crippen LogP contribution >= 0.6 is 23.2 Å². The quantitative estimate of drug-likeness (QED) is 0.500. The third-order valence-electron chi connectivity index (χ3n) is 1.62. The summed E-state index contributed by atoms with van der Waals surface area (Å²) in [6.07, 6.45) is 1.30. The van der Waals surface area contributed by atoms with Crippen LogP contribution in [-0.4, -0.2) is 31.2 Å². The van der Waals surface area contributed by atoms with E-state index < -0.39 is 5.91 Å². The number of amides is 1. The van der Waals surface area contributed by atoms with Crippen molar-refractivity contribution in [1.29, 1.82) is 0 Å². The van der Waals surface area contributed by atoms with Crippen molar-refractivity contribution in [2.45, 2.75) is 0 Å². The fraction of sp³-hybridized carbons (Fsp3) is 0.333. The second kappa shape index (κ2) is 6.65. The average Bonchev–Trinajstić information content (AvgIpc) is 2.27. The molecule has 5 nitrogen and oxygen atoms in total. The van der Waals surface area contributed by atoms with E-state index >= 15 is 0 Å². The number of carbonyl (C=O) groups is 1. The molecule has 0 aliphatic heterocycles. The van der Waals surface area contributed by atoms with Gasteiger partial charge in [-0.15, -0.1) is 0 Å². The molecule has 0 aliphatic rings. The van der Waals surface area contributed by atoms with Crippen LogP contribution in [0, 0.1) is 0 Å². The molecule has 7 heteroatoms. The minimum absolute atomic E-state index is 0.187. The van der Waals surface area contributed by atoms with E-state index in [-0.39, 0.29) is 22.3 Å². The number of halogens is 2. The Morgan fingerprint density at radius 2 is 2.25 bits per heavy atom. The number of hydroxylamine groups is 1. The van der Waals surface area contributed by atoms with Gasteiger partial charge in [-0.1, -0.05) is 23.2 Å². The van der Waals surface area contributed by atoms with Gasteiger partial charge in [0.05, 0.1) is 23.8 Å². The number of hydrogen-bond donors (Lipinski definition) is 1. The second-order valence-electron chi connectivity index (χ2n) is 2.76. The number of ether oxygens (including phenoxy) is 1. The van der Waals surface area contributed by atoms with Crippen molar-refractivity contribution in [3.8, 4) is 0 Å². The number of nitrogens with zero attached hydrogens (tertiary/aromatic N) is 1. The molecule has 0 aromatic carbocycles. The molecule has 0 unspecified atom stereocenters. The second-order valence-corrected chi connectivity index (χ2v) is 3.55. The molecule has 0 saturated heterocycles. The van der Waals surface area contributed by atoms with Gasteiger partial charge < -0.3 is 4.74 Å². The van der Waals surface area contributed by atoms with Gasteiger partial charge in [0.2, 0.25) is 0 Å². The smallest absolute Gasteiger partial charge is 0.276 e. The highest BCUT2D eigenvalue weighted by atomic mass is 35.5. The van der Waals surface area contributed by atoms with Crippen LogP contribution in [0.2, 0.25) is 10.2 Å². The number of aromatic nitrogens is 1. The number of hydrogen-bond acceptors (Lipinski definition) is 4. The zero-order valence-electron chi connectivity index (χ0n) is 8.50. The van der Waals surface area contributed by atoms with E-state index in [4.69, 9.17) is 32.8 Å². The molecular weight excluding hydrogens is 255 g/mol. The summed E-state index contributed by atoms with van der Waals surface area (Å²) >= 11 is 11.4.